The molecule has 1 aromatic carbocycles. The smallest absolute Gasteiger partial charge is 0.331 e. The standard InChI is InChI=1S/C11H10N2O5S/c14-10(7-12-5-6-19-11(12)15)18-9-3-1-8(2-4-9)13(16)17/h1-4H,5-7H2. The normalized spacial score (nSPS) is 14.5. The number of rotatable bonds is 4. The van der Waals surface area contributed by atoms with E-state index in [-0.39, 0.29) is 23.2 Å². The molecule has 100 valence electrons. The average molecular weight is 282 g/mol. The van der Waals surface area contributed by atoms with Gasteiger partial charge in [-0.05, 0) is 12.1 Å². The minimum atomic E-state index is -0.565. The van der Waals surface area contributed by atoms with Crippen LogP contribution >= 0.6 is 11.8 Å². The number of nitro benzene ring substituents is 1. The molecule has 7 nitrogen and oxygen atoms in total. The van der Waals surface area contributed by atoms with Crippen molar-refractivity contribution in [3.63, 3.8) is 0 Å². The van der Waals surface area contributed by atoms with E-state index in [9.17, 15) is 19.7 Å². The molecule has 0 aliphatic carbocycles. The second kappa shape index (κ2) is 5.70. The lowest BCUT2D eigenvalue weighted by Gasteiger charge is -2.13. The Hall–Kier alpha value is -2.09. The molecule has 8 heteroatoms. The SMILES string of the molecule is O=C(CN1CCSC1=O)Oc1ccc([N+](=O)[O-])cc1. The number of carbonyl (C=O) groups is 2. The summed E-state index contributed by atoms with van der Waals surface area (Å²) >= 11 is 1.16. The van der Waals surface area contributed by atoms with Crippen LogP contribution in [-0.2, 0) is 4.79 Å². The second-order valence-corrected chi connectivity index (χ2v) is 4.81. The van der Waals surface area contributed by atoms with Crippen LogP contribution in [0, 0.1) is 10.1 Å². The van der Waals surface area contributed by atoms with Crippen LogP contribution in [0.15, 0.2) is 24.3 Å². The highest BCUT2D eigenvalue weighted by molar-refractivity contribution is 8.13. The first-order chi connectivity index (χ1) is 9.06. The van der Waals surface area contributed by atoms with E-state index in [4.69, 9.17) is 4.74 Å². The van der Waals surface area contributed by atoms with Crippen LogP contribution in [0.1, 0.15) is 0 Å². The molecule has 2 rings (SSSR count). The number of hydrogen-bond donors (Lipinski definition) is 0. The average Bonchev–Trinajstić information content (AvgIpc) is 2.75. The van der Waals surface area contributed by atoms with Crippen molar-refractivity contribution in [3.8, 4) is 5.75 Å². The highest BCUT2D eigenvalue weighted by Gasteiger charge is 2.24. The lowest BCUT2D eigenvalue weighted by Crippen LogP contribution is -2.32. The van der Waals surface area contributed by atoms with Gasteiger partial charge in [0, 0.05) is 24.4 Å². The molecule has 0 bridgehead atoms. The molecule has 1 aliphatic heterocycles. The summed E-state index contributed by atoms with van der Waals surface area (Å²) in [5.74, 6) is 0.323. The number of nitrogens with zero attached hydrogens (tertiary/aromatic N) is 2. The molecule has 0 unspecified atom stereocenters. The zero-order valence-electron chi connectivity index (χ0n) is 9.77. The molecule has 0 atom stereocenters. The summed E-state index contributed by atoms with van der Waals surface area (Å²) in [6.45, 7) is 0.418. The maximum Gasteiger partial charge on any atom is 0.331 e. The summed E-state index contributed by atoms with van der Waals surface area (Å²) in [6.07, 6.45) is 0. The Balaban J connectivity index is 1.91. The first-order valence-corrected chi connectivity index (χ1v) is 6.41. The largest absolute Gasteiger partial charge is 0.425 e. The third-order valence-electron chi connectivity index (χ3n) is 2.44. The zero-order valence-corrected chi connectivity index (χ0v) is 10.6. The van der Waals surface area contributed by atoms with Crippen LogP contribution in [0.5, 0.6) is 5.75 Å². The Kier molecular flexibility index (Phi) is 4.00. The molecule has 1 saturated heterocycles. The van der Waals surface area contributed by atoms with Crippen LogP contribution in [-0.4, -0.2) is 39.9 Å². The van der Waals surface area contributed by atoms with Crippen LogP contribution in [0.4, 0.5) is 10.5 Å². The molecule has 19 heavy (non-hydrogen) atoms. The number of esters is 1. The quantitative estimate of drug-likeness (QED) is 0.361. The van der Waals surface area contributed by atoms with Gasteiger partial charge >= 0.3 is 5.97 Å². The summed E-state index contributed by atoms with van der Waals surface area (Å²) < 4.78 is 4.99. The number of ether oxygens (including phenoxy) is 1. The second-order valence-electron chi connectivity index (χ2n) is 3.76. The van der Waals surface area contributed by atoms with Crippen molar-refractivity contribution in [2.24, 2.45) is 0 Å². The van der Waals surface area contributed by atoms with E-state index in [1.54, 1.807) is 0 Å². The minimum Gasteiger partial charge on any atom is -0.425 e. The van der Waals surface area contributed by atoms with Gasteiger partial charge in [-0.1, -0.05) is 11.8 Å². The molecule has 0 radical (unpaired) electrons. The van der Waals surface area contributed by atoms with Gasteiger partial charge in [0.25, 0.3) is 10.9 Å². The molecule has 1 aromatic rings. The van der Waals surface area contributed by atoms with Gasteiger partial charge in [-0.25, -0.2) is 4.79 Å². The summed E-state index contributed by atoms with van der Waals surface area (Å²) in [7, 11) is 0. The number of thioether (sulfide) groups is 1. The van der Waals surface area contributed by atoms with Gasteiger partial charge in [-0.15, -0.1) is 0 Å². The fourth-order valence-electron chi connectivity index (χ4n) is 1.52. The van der Waals surface area contributed by atoms with Gasteiger partial charge in [-0.3, -0.25) is 14.9 Å². The van der Waals surface area contributed by atoms with Gasteiger partial charge in [0.1, 0.15) is 12.3 Å². The van der Waals surface area contributed by atoms with E-state index < -0.39 is 10.9 Å². The summed E-state index contributed by atoms with van der Waals surface area (Å²) in [4.78, 5) is 34.2. The number of benzene rings is 1. The number of amides is 1. The van der Waals surface area contributed by atoms with Gasteiger partial charge in [0.05, 0.1) is 4.92 Å². The predicted molar refractivity (Wildman–Crippen MR) is 68.2 cm³/mol. The molecule has 1 aliphatic rings. The first kappa shape index (κ1) is 13.3. The monoisotopic (exact) mass is 282 g/mol. The highest BCUT2D eigenvalue weighted by atomic mass is 32.2. The molecule has 1 fully saturated rings. The van der Waals surface area contributed by atoms with Crippen molar-refractivity contribution in [1.29, 1.82) is 0 Å². The van der Waals surface area contributed by atoms with Crippen molar-refractivity contribution in [2.75, 3.05) is 18.8 Å². The van der Waals surface area contributed by atoms with E-state index in [0.717, 1.165) is 11.8 Å². The zero-order chi connectivity index (χ0) is 13.8. The third-order valence-corrected chi connectivity index (χ3v) is 3.34. The lowest BCUT2D eigenvalue weighted by atomic mass is 10.3. The Labute approximate surface area is 112 Å². The van der Waals surface area contributed by atoms with Crippen molar-refractivity contribution in [3.05, 3.63) is 34.4 Å². The molecule has 1 heterocycles. The number of carbonyl (C=O) groups excluding carboxylic acids is 2. The topological polar surface area (TPSA) is 89.8 Å². The molecule has 0 spiro atoms. The van der Waals surface area contributed by atoms with E-state index in [0.29, 0.717) is 12.3 Å². The number of nitro groups is 1. The van der Waals surface area contributed by atoms with E-state index >= 15 is 0 Å². The number of hydrogen-bond acceptors (Lipinski definition) is 6. The summed E-state index contributed by atoms with van der Waals surface area (Å²) in [5, 5.41) is 10.3. The van der Waals surface area contributed by atoms with E-state index in [1.807, 2.05) is 0 Å². The Morgan fingerprint density at radius 2 is 2.11 bits per heavy atom. The Morgan fingerprint density at radius 3 is 2.63 bits per heavy atom. The van der Waals surface area contributed by atoms with Crippen molar-refractivity contribution >= 4 is 28.7 Å². The van der Waals surface area contributed by atoms with Crippen LogP contribution < -0.4 is 4.74 Å². The Bertz CT molecular complexity index is 516. The van der Waals surface area contributed by atoms with Gasteiger partial charge in [-0.2, -0.15) is 0 Å². The van der Waals surface area contributed by atoms with Crippen molar-refractivity contribution < 1.29 is 19.2 Å². The van der Waals surface area contributed by atoms with E-state index in [1.165, 1.54) is 29.2 Å². The van der Waals surface area contributed by atoms with Crippen LogP contribution in [0.2, 0.25) is 0 Å². The first-order valence-electron chi connectivity index (χ1n) is 5.43. The molecule has 0 saturated carbocycles. The molecular formula is C11H10N2O5S. The predicted octanol–water partition coefficient (Wildman–Crippen LogP) is 1.67. The third kappa shape index (κ3) is 3.44. The van der Waals surface area contributed by atoms with Gasteiger partial charge in [0.2, 0.25) is 0 Å². The van der Waals surface area contributed by atoms with Crippen LogP contribution in [0.25, 0.3) is 0 Å². The summed E-state index contributed by atoms with van der Waals surface area (Å²) in [6, 6.07) is 5.19. The van der Waals surface area contributed by atoms with Gasteiger partial charge in [0.15, 0.2) is 0 Å². The van der Waals surface area contributed by atoms with Crippen molar-refractivity contribution in [2.45, 2.75) is 0 Å². The molecular weight excluding hydrogens is 272 g/mol. The maximum atomic E-state index is 11.6. The highest BCUT2D eigenvalue weighted by Crippen LogP contribution is 2.19. The fourth-order valence-corrected chi connectivity index (χ4v) is 2.35. The number of non-ortho nitro benzene ring substituents is 1. The Morgan fingerprint density at radius 1 is 1.42 bits per heavy atom. The van der Waals surface area contributed by atoms with Crippen molar-refractivity contribution in [1.82, 2.24) is 4.90 Å². The van der Waals surface area contributed by atoms with Gasteiger partial charge < -0.3 is 9.64 Å². The van der Waals surface area contributed by atoms with Crippen LogP contribution in [0.3, 0.4) is 0 Å². The molecule has 1 amide bonds. The molecule has 0 N–H and O–H groups in total. The molecule has 0 aromatic heterocycles. The maximum absolute atomic E-state index is 11.6. The van der Waals surface area contributed by atoms with E-state index in [2.05, 4.69) is 0 Å². The summed E-state index contributed by atoms with van der Waals surface area (Å²) in [5.41, 5.74) is -0.0779. The fraction of sp³-hybridized carbons (Fsp3) is 0.273. The lowest BCUT2D eigenvalue weighted by molar-refractivity contribution is -0.384. The minimum absolute atomic E-state index is 0.0779.